The quantitative estimate of drug-likeness (QED) is 0.165. The second-order valence-electron chi connectivity index (χ2n) is 18.5. The molecule has 0 fully saturated rings. The van der Waals surface area contributed by atoms with Crippen LogP contribution < -0.4 is 19.4 Å². The molecule has 4 heterocycles. The summed E-state index contributed by atoms with van der Waals surface area (Å²) < 4.78 is 6.32. The van der Waals surface area contributed by atoms with E-state index in [1.165, 1.54) is 45.0 Å². The molecule has 0 N–H and O–H groups in total. The molecule has 10 aromatic rings. The number of aromatic nitrogens is 3. The Morgan fingerprint density at radius 1 is 0.348 bits per heavy atom. The molecule has 1 aromatic heterocycles. The molecule has 0 spiro atoms. The number of hydrogen-bond acceptors (Lipinski definition) is 7. The first-order chi connectivity index (χ1) is 33.9. The number of ether oxygens (including phenoxy) is 1. The number of nitrogens with zero attached hydrogens (tertiary/aromatic N) is 6. The summed E-state index contributed by atoms with van der Waals surface area (Å²) in [4.78, 5) is 22.6. The summed E-state index contributed by atoms with van der Waals surface area (Å²) in [5.41, 5.74) is 17.6. The van der Waals surface area contributed by atoms with Crippen LogP contribution in [0.1, 0.15) is 48.9 Å². The van der Waals surface area contributed by atoms with Crippen LogP contribution in [0.3, 0.4) is 0 Å². The van der Waals surface area contributed by atoms with Gasteiger partial charge in [0, 0.05) is 56.5 Å². The van der Waals surface area contributed by atoms with Gasteiger partial charge in [-0.05, 0) is 144 Å². The number of anilines is 9. The van der Waals surface area contributed by atoms with Crippen molar-refractivity contribution < 1.29 is 4.74 Å². The summed E-state index contributed by atoms with van der Waals surface area (Å²) in [7, 11) is 0. The predicted molar refractivity (Wildman–Crippen MR) is 280 cm³/mol. The largest absolute Gasteiger partial charge is 0.453 e. The fourth-order valence-electron chi connectivity index (χ4n) is 10.7. The SMILES string of the molecule is CC1c2ccccc2N(c2ccc(-c3nc(-c4ccc(N5c6ccccc6Oc6ccccc65)cc4)nc(-c4ccc(N5c6ccccc6C(C)(C)c6ccccc65)cc4)n3)cc2)c2ccccc21. The molecule has 3 aliphatic heterocycles. The van der Waals surface area contributed by atoms with Gasteiger partial charge >= 0.3 is 0 Å². The lowest BCUT2D eigenvalue weighted by molar-refractivity contribution is 0.477. The molecule has 0 saturated heterocycles. The molecule has 7 nitrogen and oxygen atoms in total. The third kappa shape index (κ3) is 6.61. The van der Waals surface area contributed by atoms with Crippen LogP contribution in [0.25, 0.3) is 34.2 Å². The van der Waals surface area contributed by atoms with Gasteiger partial charge in [0.1, 0.15) is 0 Å². The van der Waals surface area contributed by atoms with E-state index in [9.17, 15) is 0 Å². The van der Waals surface area contributed by atoms with Crippen LogP contribution in [-0.2, 0) is 5.41 Å². The first-order valence-electron chi connectivity index (χ1n) is 23.6. The van der Waals surface area contributed by atoms with E-state index in [2.05, 4.69) is 217 Å². The van der Waals surface area contributed by atoms with Crippen molar-refractivity contribution in [2.75, 3.05) is 14.7 Å². The monoisotopic (exact) mass is 890 g/mol. The van der Waals surface area contributed by atoms with Gasteiger partial charge in [-0.25, -0.2) is 15.0 Å². The van der Waals surface area contributed by atoms with Crippen molar-refractivity contribution in [1.29, 1.82) is 0 Å². The summed E-state index contributed by atoms with van der Waals surface area (Å²) in [5.74, 6) is 3.69. The molecule has 0 atom stereocenters. The summed E-state index contributed by atoms with van der Waals surface area (Å²) >= 11 is 0. The van der Waals surface area contributed by atoms with Crippen LogP contribution in [0.15, 0.2) is 218 Å². The number of benzene rings is 9. The lowest BCUT2D eigenvalue weighted by Crippen LogP contribution is -2.30. The topological polar surface area (TPSA) is 57.6 Å². The Morgan fingerprint density at radius 3 is 1.06 bits per heavy atom. The van der Waals surface area contributed by atoms with E-state index < -0.39 is 0 Å². The zero-order valence-electron chi connectivity index (χ0n) is 38.5. The fraction of sp³-hybridized carbons (Fsp3) is 0.0806. The van der Waals surface area contributed by atoms with E-state index in [-0.39, 0.29) is 11.3 Å². The molecule has 0 aliphatic carbocycles. The Labute approximate surface area is 402 Å². The summed E-state index contributed by atoms with van der Waals surface area (Å²) in [6.45, 7) is 6.92. The van der Waals surface area contributed by atoms with Gasteiger partial charge in [-0.1, -0.05) is 118 Å². The van der Waals surface area contributed by atoms with Gasteiger partial charge in [0.15, 0.2) is 29.0 Å². The van der Waals surface area contributed by atoms with E-state index >= 15 is 0 Å². The molecule has 9 aromatic carbocycles. The minimum Gasteiger partial charge on any atom is -0.453 e. The van der Waals surface area contributed by atoms with Gasteiger partial charge in [-0.3, -0.25) is 0 Å². The fourth-order valence-corrected chi connectivity index (χ4v) is 10.7. The molecular weight excluding hydrogens is 845 g/mol. The molecule has 0 saturated carbocycles. The van der Waals surface area contributed by atoms with Crippen LogP contribution in [0.4, 0.5) is 51.2 Å². The van der Waals surface area contributed by atoms with E-state index in [4.69, 9.17) is 19.7 Å². The molecule has 0 bridgehead atoms. The number of fused-ring (bicyclic) bond motifs is 6. The van der Waals surface area contributed by atoms with Crippen molar-refractivity contribution in [3.05, 3.63) is 241 Å². The van der Waals surface area contributed by atoms with Crippen molar-refractivity contribution in [2.24, 2.45) is 0 Å². The Hall–Kier alpha value is -8.81. The van der Waals surface area contributed by atoms with E-state index in [1.807, 2.05) is 36.4 Å². The third-order valence-corrected chi connectivity index (χ3v) is 14.1. The maximum Gasteiger partial charge on any atom is 0.164 e. The summed E-state index contributed by atoms with van der Waals surface area (Å²) in [6, 6.07) is 76.9. The smallest absolute Gasteiger partial charge is 0.164 e. The minimum atomic E-state index is -0.143. The van der Waals surface area contributed by atoms with Crippen molar-refractivity contribution in [1.82, 2.24) is 15.0 Å². The van der Waals surface area contributed by atoms with E-state index in [0.29, 0.717) is 17.5 Å². The van der Waals surface area contributed by atoms with Crippen LogP contribution in [-0.4, -0.2) is 15.0 Å². The van der Waals surface area contributed by atoms with Crippen molar-refractivity contribution in [3.63, 3.8) is 0 Å². The standard InChI is InChI=1S/C62H46N6O/c1-40-47-16-4-8-20-51(47)66(52-21-9-5-17-48(40)52)44-34-28-41(29-35-44)59-63-60(42-30-36-45(37-31-42)67-53-22-10-6-18-49(53)62(2,3)50-19-7-11-23-54(50)67)65-61(64-59)43-32-38-46(39-33-43)68-55-24-12-14-26-57(55)69-58-27-15-13-25-56(58)68/h4-40H,1-3H3. The molecule has 0 amide bonds. The van der Waals surface area contributed by atoms with Crippen molar-refractivity contribution in [2.45, 2.75) is 32.1 Å². The highest BCUT2D eigenvalue weighted by atomic mass is 16.5. The normalized spacial score (nSPS) is 14.1. The van der Waals surface area contributed by atoms with Crippen molar-refractivity contribution >= 4 is 51.2 Å². The minimum absolute atomic E-state index is 0.143. The maximum atomic E-state index is 6.32. The Bertz CT molecular complexity index is 3460. The van der Waals surface area contributed by atoms with Crippen LogP contribution in [0.5, 0.6) is 11.5 Å². The Kier molecular flexibility index (Phi) is 9.34. The number of rotatable bonds is 6. The lowest BCUT2D eigenvalue weighted by Gasteiger charge is -2.42. The van der Waals surface area contributed by atoms with Crippen molar-refractivity contribution in [3.8, 4) is 45.7 Å². The first-order valence-corrected chi connectivity index (χ1v) is 23.6. The zero-order chi connectivity index (χ0) is 46.2. The number of hydrogen-bond donors (Lipinski definition) is 0. The molecule has 330 valence electrons. The predicted octanol–water partition coefficient (Wildman–Crippen LogP) is 16.5. The zero-order valence-corrected chi connectivity index (χ0v) is 38.5. The first kappa shape index (κ1) is 40.5. The van der Waals surface area contributed by atoms with Crippen LogP contribution in [0, 0.1) is 0 Å². The molecular formula is C62H46N6O. The van der Waals surface area contributed by atoms with Gasteiger partial charge in [0.25, 0.3) is 0 Å². The molecule has 7 heteroatoms. The number of para-hydroxylation sites is 8. The highest BCUT2D eigenvalue weighted by Gasteiger charge is 2.36. The summed E-state index contributed by atoms with van der Waals surface area (Å²) in [6.07, 6.45) is 0. The highest BCUT2D eigenvalue weighted by Crippen LogP contribution is 2.53. The summed E-state index contributed by atoms with van der Waals surface area (Å²) in [5, 5.41) is 0. The van der Waals surface area contributed by atoms with E-state index in [1.54, 1.807) is 0 Å². The maximum absolute atomic E-state index is 6.32. The van der Waals surface area contributed by atoms with Gasteiger partial charge < -0.3 is 19.4 Å². The second kappa shape index (κ2) is 15.9. The van der Waals surface area contributed by atoms with Crippen LogP contribution in [0.2, 0.25) is 0 Å². The molecule has 0 radical (unpaired) electrons. The Morgan fingerprint density at radius 2 is 0.652 bits per heavy atom. The molecule has 69 heavy (non-hydrogen) atoms. The lowest BCUT2D eigenvalue weighted by atomic mass is 9.73. The van der Waals surface area contributed by atoms with E-state index in [0.717, 1.165) is 56.6 Å². The average Bonchev–Trinajstić information content (AvgIpc) is 3.41. The highest BCUT2D eigenvalue weighted by molar-refractivity contribution is 5.89. The van der Waals surface area contributed by atoms with Gasteiger partial charge in [0.2, 0.25) is 0 Å². The molecule has 13 rings (SSSR count). The van der Waals surface area contributed by atoms with Gasteiger partial charge in [-0.2, -0.15) is 0 Å². The molecule has 3 aliphatic rings. The molecule has 0 unspecified atom stereocenters. The van der Waals surface area contributed by atoms with Crippen LogP contribution >= 0.6 is 0 Å². The van der Waals surface area contributed by atoms with Gasteiger partial charge in [-0.15, -0.1) is 0 Å². The van der Waals surface area contributed by atoms with Gasteiger partial charge in [0.05, 0.1) is 22.7 Å². The third-order valence-electron chi connectivity index (χ3n) is 14.1. The second-order valence-corrected chi connectivity index (χ2v) is 18.5. The Balaban J connectivity index is 0.906. The average molecular weight is 891 g/mol.